The number of ketones is 1. The summed E-state index contributed by atoms with van der Waals surface area (Å²) in [5.41, 5.74) is 1.61. The number of anilines is 1. The van der Waals surface area contributed by atoms with Crippen LogP contribution in [-0.4, -0.2) is 25.0 Å². The first kappa shape index (κ1) is 21.9. The van der Waals surface area contributed by atoms with Gasteiger partial charge in [-0.3, -0.25) is 4.79 Å². The van der Waals surface area contributed by atoms with Gasteiger partial charge in [0.25, 0.3) is 0 Å². The molecule has 0 aliphatic carbocycles. The third kappa shape index (κ3) is 3.15. The highest BCUT2D eigenvalue weighted by Gasteiger charge is 2.63. The van der Waals surface area contributed by atoms with E-state index in [9.17, 15) is 15.3 Å². The first-order valence-electron chi connectivity index (χ1n) is 10.9. The average Bonchev–Trinajstić information content (AvgIpc) is 3.19. The molecule has 0 bridgehead atoms. The minimum Gasteiger partial charge on any atom is -0.496 e. The van der Waals surface area contributed by atoms with Gasteiger partial charge in [0.1, 0.15) is 11.8 Å². The number of carbonyl (C=O) groups excluding carboxylic acids is 1. The van der Waals surface area contributed by atoms with E-state index in [2.05, 4.69) is 28.1 Å². The molecule has 5 nitrogen and oxygen atoms in total. The highest BCUT2D eigenvalue weighted by atomic mass is 79.9. The Hall–Kier alpha value is -3.87. The van der Waals surface area contributed by atoms with Crippen molar-refractivity contribution in [2.24, 2.45) is 5.41 Å². The van der Waals surface area contributed by atoms with Crippen LogP contribution in [0.5, 0.6) is 5.75 Å². The van der Waals surface area contributed by atoms with Crippen LogP contribution in [0.15, 0.2) is 83.3 Å². The molecule has 3 aromatic carbocycles. The quantitative estimate of drug-likeness (QED) is 0.419. The summed E-state index contributed by atoms with van der Waals surface area (Å²) in [4.78, 5) is 16.2. The van der Waals surface area contributed by atoms with Crippen LogP contribution < -0.4 is 9.64 Å². The summed E-state index contributed by atoms with van der Waals surface area (Å²) in [6.45, 7) is 0. The minimum atomic E-state index is -1.45. The molecule has 6 heteroatoms. The van der Waals surface area contributed by atoms with Crippen LogP contribution in [-0.2, 0) is 0 Å². The third-order valence-electron chi connectivity index (χ3n) is 6.78. The number of fused-ring (bicyclic) bond motifs is 3. The summed E-state index contributed by atoms with van der Waals surface area (Å²) in [5.74, 6) is -0.187. The van der Waals surface area contributed by atoms with Crippen LogP contribution >= 0.6 is 15.9 Å². The normalized spacial score (nSPS) is 21.6. The monoisotopic (exact) mass is 509 g/mol. The number of hydrogen-bond donors (Lipinski definition) is 0. The predicted molar refractivity (Wildman–Crippen MR) is 133 cm³/mol. The van der Waals surface area contributed by atoms with Gasteiger partial charge >= 0.3 is 0 Å². The first-order valence-corrected chi connectivity index (χ1v) is 11.7. The fourth-order valence-electron chi connectivity index (χ4n) is 5.26. The first-order chi connectivity index (χ1) is 16.6. The molecule has 0 aromatic heterocycles. The van der Waals surface area contributed by atoms with E-state index in [4.69, 9.17) is 4.74 Å². The summed E-state index contributed by atoms with van der Waals surface area (Å²) >= 11 is 3.48. The maximum atomic E-state index is 14.2. The van der Waals surface area contributed by atoms with E-state index < -0.39 is 23.4 Å². The molecule has 2 aliphatic rings. The fraction of sp³-hybridized carbons (Fsp3) is 0.179. The summed E-state index contributed by atoms with van der Waals surface area (Å²) in [7, 11) is 1.57. The lowest BCUT2D eigenvalue weighted by molar-refractivity contribution is 0.0951. The molecular weight excluding hydrogens is 490 g/mol. The molecule has 0 saturated carbocycles. The van der Waals surface area contributed by atoms with Crippen molar-refractivity contribution in [1.29, 1.82) is 10.5 Å². The Morgan fingerprint density at radius 2 is 1.74 bits per heavy atom. The number of Topliss-reactive ketones (excluding diaryl/α,β-unsaturated/α-hetero) is 1. The predicted octanol–water partition coefficient (Wildman–Crippen LogP) is 5.74. The van der Waals surface area contributed by atoms with Gasteiger partial charge in [-0.25, -0.2) is 0 Å². The lowest BCUT2D eigenvalue weighted by atomic mass is 9.69. The van der Waals surface area contributed by atoms with E-state index in [-0.39, 0.29) is 5.78 Å². The van der Waals surface area contributed by atoms with Gasteiger partial charge < -0.3 is 9.64 Å². The molecule has 0 amide bonds. The van der Waals surface area contributed by atoms with Gasteiger partial charge in [0.05, 0.1) is 29.8 Å². The summed E-state index contributed by atoms with van der Waals surface area (Å²) < 4.78 is 6.00. The number of nitriles is 2. The van der Waals surface area contributed by atoms with Crippen molar-refractivity contribution in [3.8, 4) is 17.9 Å². The number of para-hydroxylation sites is 1. The van der Waals surface area contributed by atoms with Crippen LogP contribution in [0.4, 0.5) is 5.69 Å². The van der Waals surface area contributed by atoms with Crippen molar-refractivity contribution >= 4 is 33.5 Å². The second-order valence-corrected chi connectivity index (χ2v) is 9.26. The summed E-state index contributed by atoms with van der Waals surface area (Å²) in [6.07, 6.45) is 3.83. The van der Waals surface area contributed by atoms with Crippen LogP contribution in [0.3, 0.4) is 0 Å². The smallest absolute Gasteiger partial charge is 0.186 e. The second-order valence-electron chi connectivity index (χ2n) is 8.41. The number of hydrogen-bond acceptors (Lipinski definition) is 5. The largest absolute Gasteiger partial charge is 0.496 e. The van der Waals surface area contributed by atoms with Gasteiger partial charge in [-0.05, 0) is 51.3 Å². The molecule has 3 aromatic rings. The van der Waals surface area contributed by atoms with E-state index >= 15 is 0 Å². The highest BCUT2D eigenvalue weighted by molar-refractivity contribution is 9.10. The summed E-state index contributed by atoms with van der Waals surface area (Å²) in [5, 5.41) is 20.9. The maximum Gasteiger partial charge on any atom is 0.186 e. The Labute approximate surface area is 206 Å². The van der Waals surface area contributed by atoms with E-state index in [1.54, 1.807) is 25.3 Å². The van der Waals surface area contributed by atoms with Gasteiger partial charge in [0.15, 0.2) is 11.2 Å². The number of carbonyl (C=O) groups is 1. The minimum absolute atomic E-state index is 0.153. The van der Waals surface area contributed by atoms with Crippen LogP contribution in [0.2, 0.25) is 0 Å². The Kier molecular flexibility index (Phi) is 5.48. The zero-order valence-electron chi connectivity index (χ0n) is 18.4. The standard InChI is InChI=1S/C28H20BrN3O2/c1-34-23-13-11-20(15-21(23)29)27(33)26-25(19-8-3-2-4-9-19)28(16-30,17-31)24-14-12-18-7-5-6-10-22(18)32(24)26/h2-15,24-26H,1H3/t24-,25+,26-/m1/s1. The van der Waals surface area contributed by atoms with Crippen molar-refractivity contribution in [2.75, 3.05) is 12.0 Å². The molecule has 0 spiro atoms. The Balaban J connectivity index is 1.76. The van der Waals surface area contributed by atoms with E-state index in [0.717, 1.165) is 16.8 Å². The van der Waals surface area contributed by atoms with Gasteiger partial charge in [0.2, 0.25) is 0 Å². The lowest BCUT2D eigenvalue weighted by Crippen LogP contribution is -2.44. The molecular formula is C28H20BrN3O2. The molecule has 2 heterocycles. The number of nitrogens with zero attached hydrogens (tertiary/aromatic N) is 3. The Morgan fingerprint density at radius 3 is 2.41 bits per heavy atom. The van der Waals surface area contributed by atoms with Gasteiger partial charge in [-0.1, -0.05) is 60.7 Å². The Morgan fingerprint density at radius 1 is 1.03 bits per heavy atom. The van der Waals surface area contributed by atoms with Crippen molar-refractivity contribution in [3.05, 3.63) is 100 Å². The van der Waals surface area contributed by atoms with Crippen LogP contribution in [0.1, 0.15) is 27.4 Å². The second kappa shape index (κ2) is 8.48. The topological polar surface area (TPSA) is 77.1 Å². The van der Waals surface area contributed by atoms with Crippen molar-refractivity contribution in [3.63, 3.8) is 0 Å². The van der Waals surface area contributed by atoms with Crippen molar-refractivity contribution in [2.45, 2.75) is 18.0 Å². The molecule has 1 saturated heterocycles. The number of benzene rings is 3. The maximum absolute atomic E-state index is 14.2. The molecule has 1 fully saturated rings. The van der Waals surface area contributed by atoms with Gasteiger partial charge in [-0.15, -0.1) is 0 Å². The molecule has 5 rings (SSSR count). The molecule has 0 radical (unpaired) electrons. The number of halogens is 1. The molecule has 2 aliphatic heterocycles. The third-order valence-corrected chi connectivity index (χ3v) is 7.40. The highest BCUT2D eigenvalue weighted by Crippen LogP contribution is 2.55. The average molecular weight is 510 g/mol. The van der Waals surface area contributed by atoms with Crippen LogP contribution in [0.25, 0.3) is 6.08 Å². The molecule has 34 heavy (non-hydrogen) atoms. The molecule has 166 valence electrons. The van der Waals surface area contributed by atoms with Crippen LogP contribution in [0, 0.1) is 28.1 Å². The molecule has 0 unspecified atom stereocenters. The zero-order valence-corrected chi connectivity index (χ0v) is 19.9. The zero-order chi connectivity index (χ0) is 23.9. The number of methoxy groups -OCH3 is 1. The van der Waals surface area contributed by atoms with Crippen molar-refractivity contribution < 1.29 is 9.53 Å². The molecule has 0 N–H and O–H groups in total. The summed E-state index contributed by atoms with van der Waals surface area (Å²) in [6, 6.07) is 25.8. The van der Waals surface area contributed by atoms with Gasteiger partial charge in [0, 0.05) is 17.2 Å². The van der Waals surface area contributed by atoms with E-state index in [0.29, 0.717) is 15.8 Å². The van der Waals surface area contributed by atoms with E-state index in [1.165, 1.54) is 0 Å². The van der Waals surface area contributed by atoms with Crippen molar-refractivity contribution in [1.82, 2.24) is 0 Å². The number of ether oxygens (including phenoxy) is 1. The van der Waals surface area contributed by atoms with Gasteiger partial charge in [-0.2, -0.15) is 10.5 Å². The molecule has 3 atom stereocenters. The number of rotatable bonds is 4. The Bertz CT molecular complexity index is 1370. The SMILES string of the molecule is COc1ccc(C(=O)[C@H]2[C@H](c3ccccc3)C(C#N)(C#N)[C@H]3C=Cc4ccccc4N23)cc1Br. The van der Waals surface area contributed by atoms with E-state index in [1.807, 2.05) is 71.6 Å². The lowest BCUT2D eigenvalue weighted by Gasteiger charge is -2.35. The fourth-order valence-corrected chi connectivity index (χ4v) is 5.80.